The van der Waals surface area contributed by atoms with Gasteiger partial charge in [-0.1, -0.05) is 48.5 Å². The molecule has 2 aromatic carbocycles. The van der Waals surface area contributed by atoms with Crippen LogP contribution in [-0.4, -0.2) is 23.9 Å². The number of nitrogens with zero attached hydrogens (tertiary/aromatic N) is 1. The van der Waals surface area contributed by atoms with Crippen molar-refractivity contribution in [2.24, 2.45) is 11.8 Å². The molecule has 1 heterocycles. The van der Waals surface area contributed by atoms with Gasteiger partial charge in [-0.3, -0.25) is 4.79 Å². The molecule has 1 aliphatic heterocycles. The maximum Gasteiger partial charge on any atom is 0.226 e. The van der Waals surface area contributed by atoms with E-state index in [0.29, 0.717) is 11.5 Å². The van der Waals surface area contributed by atoms with Gasteiger partial charge in [0, 0.05) is 19.0 Å². The van der Waals surface area contributed by atoms with Crippen molar-refractivity contribution in [3.63, 3.8) is 0 Å². The lowest BCUT2D eigenvalue weighted by Crippen LogP contribution is -2.40. The van der Waals surface area contributed by atoms with Crippen LogP contribution in [0.5, 0.6) is 0 Å². The van der Waals surface area contributed by atoms with Crippen LogP contribution in [-0.2, 0) is 11.2 Å². The zero-order valence-electron chi connectivity index (χ0n) is 14.4. The molecule has 0 unspecified atom stereocenters. The highest BCUT2D eigenvalue weighted by Crippen LogP contribution is 2.49. The number of hydrogen-bond acceptors (Lipinski definition) is 1. The predicted molar refractivity (Wildman–Crippen MR) is 96.7 cm³/mol. The number of amides is 1. The Labute approximate surface area is 148 Å². The van der Waals surface area contributed by atoms with Crippen LogP contribution < -0.4 is 0 Å². The van der Waals surface area contributed by atoms with Crippen LogP contribution in [0.3, 0.4) is 0 Å². The molecule has 0 radical (unpaired) electrons. The Morgan fingerprint density at radius 3 is 2.40 bits per heavy atom. The van der Waals surface area contributed by atoms with E-state index in [9.17, 15) is 9.18 Å². The molecule has 2 aliphatic rings. The van der Waals surface area contributed by atoms with Crippen LogP contribution in [0.15, 0.2) is 54.6 Å². The van der Waals surface area contributed by atoms with Crippen molar-refractivity contribution in [3.8, 4) is 0 Å². The van der Waals surface area contributed by atoms with E-state index in [4.69, 9.17) is 0 Å². The molecule has 2 fully saturated rings. The second-order valence-corrected chi connectivity index (χ2v) is 7.43. The van der Waals surface area contributed by atoms with Crippen molar-refractivity contribution in [3.05, 3.63) is 71.5 Å². The quantitative estimate of drug-likeness (QED) is 0.809. The maximum atomic E-state index is 13.9. The molecule has 2 atom stereocenters. The smallest absolute Gasteiger partial charge is 0.226 e. The van der Waals surface area contributed by atoms with Crippen LogP contribution in [0.4, 0.5) is 4.39 Å². The third-order valence-corrected chi connectivity index (χ3v) is 5.71. The average molecular weight is 337 g/mol. The molecule has 2 aromatic rings. The predicted octanol–water partition coefficient (Wildman–Crippen LogP) is 4.41. The van der Waals surface area contributed by atoms with E-state index in [1.54, 1.807) is 6.07 Å². The first-order chi connectivity index (χ1) is 12.2. The van der Waals surface area contributed by atoms with E-state index < -0.39 is 0 Å². The Kier molecular flexibility index (Phi) is 4.56. The molecule has 3 heteroatoms. The largest absolute Gasteiger partial charge is 0.342 e. The van der Waals surface area contributed by atoms with E-state index in [1.165, 1.54) is 11.6 Å². The number of rotatable bonds is 4. The summed E-state index contributed by atoms with van der Waals surface area (Å²) in [6.45, 7) is 1.69. The van der Waals surface area contributed by atoms with Crippen molar-refractivity contribution >= 4 is 5.91 Å². The van der Waals surface area contributed by atoms with Gasteiger partial charge in [0.1, 0.15) is 5.82 Å². The molecule has 25 heavy (non-hydrogen) atoms. The second-order valence-electron chi connectivity index (χ2n) is 7.43. The monoisotopic (exact) mass is 337 g/mol. The molecule has 130 valence electrons. The molecular weight excluding hydrogens is 313 g/mol. The molecular formula is C22H24FNO. The molecule has 1 saturated heterocycles. The topological polar surface area (TPSA) is 20.3 Å². The molecule has 0 spiro atoms. The first-order valence-corrected chi connectivity index (χ1v) is 9.29. The van der Waals surface area contributed by atoms with Gasteiger partial charge < -0.3 is 4.90 Å². The molecule has 4 rings (SSSR count). The summed E-state index contributed by atoms with van der Waals surface area (Å²) in [7, 11) is 0. The minimum atomic E-state index is -0.177. The normalized spacial score (nSPS) is 23.5. The Bertz CT molecular complexity index is 737. The van der Waals surface area contributed by atoms with Gasteiger partial charge in [-0.05, 0) is 54.7 Å². The van der Waals surface area contributed by atoms with E-state index in [2.05, 4.69) is 24.3 Å². The number of halogens is 1. The van der Waals surface area contributed by atoms with Crippen molar-refractivity contribution in [2.45, 2.75) is 31.6 Å². The number of carbonyl (C=O) groups is 1. The first kappa shape index (κ1) is 16.3. The Morgan fingerprint density at radius 1 is 1.00 bits per heavy atom. The van der Waals surface area contributed by atoms with Gasteiger partial charge in [0.2, 0.25) is 5.91 Å². The second kappa shape index (κ2) is 6.99. The summed E-state index contributed by atoms with van der Waals surface area (Å²) < 4.78 is 13.9. The van der Waals surface area contributed by atoms with Crippen LogP contribution in [0.1, 0.15) is 36.3 Å². The average Bonchev–Trinajstić information content (AvgIpc) is 3.44. The van der Waals surface area contributed by atoms with Crippen LogP contribution in [0, 0.1) is 17.7 Å². The van der Waals surface area contributed by atoms with Gasteiger partial charge in [-0.25, -0.2) is 4.39 Å². The summed E-state index contributed by atoms with van der Waals surface area (Å²) in [6.07, 6.45) is 4.03. The standard InChI is InChI=1S/C22H24FNO/c23-21-9-5-4-8-18(21)19-15-20(19)22(25)24-12-10-17(11-13-24)14-16-6-2-1-3-7-16/h1-9,17,19-20H,10-15H2/t19-,20+/m1/s1. The lowest BCUT2D eigenvalue weighted by atomic mass is 9.90. The lowest BCUT2D eigenvalue weighted by Gasteiger charge is -2.32. The SMILES string of the molecule is O=C([C@H]1C[C@@H]1c1ccccc1F)N1CCC(Cc2ccccc2)CC1. The van der Waals surface area contributed by atoms with Crippen LogP contribution >= 0.6 is 0 Å². The van der Waals surface area contributed by atoms with Crippen LogP contribution in [0.25, 0.3) is 0 Å². The summed E-state index contributed by atoms with van der Waals surface area (Å²) in [6, 6.07) is 17.5. The number of piperidine rings is 1. The van der Waals surface area contributed by atoms with E-state index in [-0.39, 0.29) is 23.6 Å². The summed E-state index contributed by atoms with van der Waals surface area (Å²) in [5.74, 6) is 0.780. The molecule has 0 aromatic heterocycles. The maximum absolute atomic E-state index is 13.9. The fraction of sp³-hybridized carbons (Fsp3) is 0.409. The molecule has 1 aliphatic carbocycles. The summed E-state index contributed by atoms with van der Waals surface area (Å²) >= 11 is 0. The lowest BCUT2D eigenvalue weighted by molar-refractivity contribution is -0.134. The van der Waals surface area contributed by atoms with Crippen molar-refractivity contribution < 1.29 is 9.18 Å². The molecule has 0 N–H and O–H groups in total. The van der Waals surface area contributed by atoms with Crippen molar-refractivity contribution in [2.75, 3.05) is 13.1 Å². The highest BCUT2D eigenvalue weighted by Gasteiger charge is 2.47. The van der Waals surface area contributed by atoms with Gasteiger partial charge >= 0.3 is 0 Å². The van der Waals surface area contributed by atoms with E-state index in [0.717, 1.165) is 38.8 Å². The first-order valence-electron chi connectivity index (χ1n) is 9.29. The summed E-state index contributed by atoms with van der Waals surface area (Å²) in [4.78, 5) is 14.7. The Hall–Kier alpha value is -2.16. The molecule has 1 amide bonds. The van der Waals surface area contributed by atoms with Gasteiger partial charge in [-0.2, -0.15) is 0 Å². The number of carbonyl (C=O) groups excluding carboxylic acids is 1. The number of hydrogen-bond donors (Lipinski definition) is 0. The summed E-state index contributed by atoms with van der Waals surface area (Å²) in [5, 5.41) is 0. The third-order valence-electron chi connectivity index (χ3n) is 5.71. The highest BCUT2D eigenvalue weighted by molar-refractivity contribution is 5.83. The van der Waals surface area contributed by atoms with Gasteiger partial charge in [0.05, 0.1) is 0 Å². The Morgan fingerprint density at radius 2 is 1.68 bits per heavy atom. The van der Waals surface area contributed by atoms with E-state index in [1.807, 2.05) is 23.1 Å². The summed E-state index contributed by atoms with van der Waals surface area (Å²) in [5.41, 5.74) is 2.09. The minimum absolute atomic E-state index is 0.0115. The zero-order valence-corrected chi connectivity index (χ0v) is 14.4. The Balaban J connectivity index is 1.30. The van der Waals surface area contributed by atoms with Crippen molar-refractivity contribution in [1.29, 1.82) is 0 Å². The van der Waals surface area contributed by atoms with Crippen LogP contribution in [0.2, 0.25) is 0 Å². The minimum Gasteiger partial charge on any atom is -0.342 e. The number of likely N-dealkylation sites (tertiary alicyclic amines) is 1. The van der Waals surface area contributed by atoms with Crippen molar-refractivity contribution in [1.82, 2.24) is 4.90 Å². The van der Waals surface area contributed by atoms with Gasteiger partial charge in [-0.15, -0.1) is 0 Å². The molecule has 2 nitrogen and oxygen atoms in total. The molecule has 1 saturated carbocycles. The fourth-order valence-corrected chi connectivity index (χ4v) is 4.13. The number of benzene rings is 2. The van der Waals surface area contributed by atoms with E-state index >= 15 is 0 Å². The highest BCUT2D eigenvalue weighted by atomic mass is 19.1. The fourth-order valence-electron chi connectivity index (χ4n) is 4.13. The van der Waals surface area contributed by atoms with Gasteiger partial charge in [0.15, 0.2) is 0 Å². The zero-order chi connectivity index (χ0) is 17.2. The third kappa shape index (κ3) is 3.60. The molecule has 0 bridgehead atoms. The van der Waals surface area contributed by atoms with Gasteiger partial charge in [0.25, 0.3) is 0 Å².